The Balaban J connectivity index is 1.38. The van der Waals surface area contributed by atoms with Crippen LogP contribution >= 0.6 is 11.8 Å². The van der Waals surface area contributed by atoms with Crippen LogP contribution in [0.5, 0.6) is 0 Å². The van der Waals surface area contributed by atoms with E-state index in [1.165, 1.54) is 12.8 Å². The molecule has 1 aromatic heterocycles. The van der Waals surface area contributed by atoms with Crippen molar-refractivity contribution in [1.82, 2.24) is 14.9 Å². The van der Waals surface area contributed by atoms with E-state index in [9.17, 15) is 4.79 Å². The van der Waals surface area contributed by atoms with Crippen molar-refractivity contribution in [2.75, 3.05) is 32.1 Å². The highest BCUT2D eigenvalue weighted by Crippen LogP contribution is 2.25. The molecule has 0 unspecified atom stereocenters. The first-order chi connectivity index (χ1) is 16.1. The predicted molar refractivity (Wildman–Crippen MR) is 132 cm³/mol. The Morgan fingerprint density at radius 2 is 1.76 bits per heavy atom. The zero-order valence-corrected chi connectivity index (χ0v) is 20.1. The van der Waals surface area contributed by atoms with Gasteiger partial charge in [-0.1, -0.05) is 54.2 Å². The molecule has 1 fully saturated rings. The molecule has 0 radical (unpaired) electrons. The Labute approximate surface area is 200 Å². The summed E-state index contributed by atoms with van der Waals surface area (Å²) in [6.07, 6.45) is 2.41. The van der Waals surface area contributed by atoms with Crippen molar-refractivity contribution in [1.29, 1.82) is 0 Å². The van der Waals surface area contributed by atoms with E-state index >= 15 is 0 Å². The van der Waals surface area contributed by atoms with Crippen molar-refractivity contribution < 1.29 is 9.53 Å². The number of carbonyl (C=O) groups is 1. The van der Waals surface area contributed by atoms with E-state index in [1.807, 2.05) is 67.7 Å². The number of amides is 1. The number of aromatic nitrogens is 2. The molecule has 3 aromatic rings. The van der Waals surface area contributed by atoms with Crippen molar-refractivity contribution in [2.24, 2.45) is 0 Å². The lowest BCUT2D eigenvalue weighted by atomic mass is 10.1. The number of hydrogen-bond acceptors (Lipinski definition) is 6. The summed E-state index contributed by atoms with van der Waals surface area (Å²) >= 11 is 1.61. The van der Waals surface area contributed by atoms with Crippen molar-refractivity contribution in [3.05, 3.63) is 83.0 Å². The third-order valence-electron chi connectivity index (χ3n) is 5.65. The van der Waals surface area contributed by atoms with Gasteiger partial charge in [0.2, 0.25) is 0 Å². The van der Waals surface area contributed by atoms with Crippen molar-refractivity contribution in [2.45, 2.75) is 36.9 Å². The number of rotatable bonds is 9. The van der Waals surface area contributed by atoms with Gasteiger partial charge in [0.25, 0.3) is 5.91 Å². The molecule has 0 aliphatic carbocycles. The molecule has 33 heavy (non-hydrogen) atoms. The monoisotopic (exact) mass is 462 g/mol. The lowest BCUT2D eigenvalue weighted by molar-refractivity contribution is 0.0785. The quantitative estimate of drug-likeness (QED) is 0.337. The maximum Gasteiger partial charge on any atom is 0.253 e. The van der Waals surface area contributed by atoms with Crippen LogP contribution in [0.15, 0.2) is 65.8 Å². The molecule has 7 heteroatoms. The molecule has 1 aliphatic rings. The fourth-order valence-electron chi connectivity index (χ4n) is 3.89. The van der Waals surface area contributed by atoms with Gasteiger partial charge in [-0.25, -0.2) is 9.97 Å². The van der Waals surface area contributed by atoms with Crippen molar-refractivity contribution in [3.63, 3.8) is 0 Å². The van der Waals surface area contributed by atoms with Crippen LogP contribution in [-0.2, 0) is 23.6 Å². The molecule has 172 valence electrons. The first-order valence-electron chi connectivity index (χ1n) is 11.3. The molecule has 1 aliphatic heterocycles. The van der Waals surface area contributed by atoms with Crippen LogP contribution in [0.1, 0.15) is 40.0 Å². The number of ether oxygens (including phenoxy) is 1. The summed E-state index contributed by atoms with van der Waals surface area (Å²) in [6, 6.07) is 19.9. The number of nitrogens with zero attached hydrogens (tertiary/aromatic N) is 4. The zero-order chi connectivity index (χ0) is 23.0. The van der Waals surface area contributed by atoms with Gasteiger partial charge in [0.1, 0.15) is 5.82 Å². The lowest BCUT2D eigenvalue weighted by Gasteiger charge is -2.18. The highest BCUT2D eigenvalue weighted by Gasteiger charge is 2.16. The SMILES string of the molecule is COCc1cc(N2CCCC2)nc(SCc2ccc(C(=O)N(C)Cc3ccccc3)cc2)n1. The molecule has 6 nitrogen and oxygen atoms in total. The van der Waals surface area contributed by atoms with Crippen LogP contribution in [-0.4, -0.2) is 48.0 Å². The van der Waals surface area contributed by atoms with Crippen LogP contribution < -0.4 is 4.90 Å². The standard InChI is InChI=1S/C26H30N4O2S/c1-29(17-20-8-4-3-5-9-20)25(31)22-12-10-21(11-13-22)19-33-26-27-23(18-32-2)16-24(28-26)30-14-6-7-15-30/h3-5,8-13,16H,6-7,14-15,17-19H2,1-2H3. The normalized spacial score (nSPS) is 13.3. The second-order valence-corrected chi connectivity index (χ2v) is 9.20. The fraction of sp³-hybridized carbons (Fsp3) is 0.346. The van der Waals surface area contributed by atoms with Gasteiger partial charge >= 0.3 is 0 Å². The predicted octanol–water partition coefficient (Wildman–Crippen LogP) is 4.79. The van der Waals surface area contributed by atoms with Crippen molar-refractivity contribution in [3.8, 4) is 0 Å². The Kier molecular flexibility index (Phi) is 7.96. The number of methoxy groups -OCH3 is 1. The fourth-order valence-corrected chi connectivity index (χ4v) is 4.72. The van der Waals surface area contributed by atoms with E-state index < -0.39 is 0 Å². The van der Waals surface area contributed by atoms with Crippen LogP contribution in [0.25, 0.3) is 0 Å². The van der Waals surface area contributed by atoms with Gasteiger partial charge < -0.3 is 14.5 Å². The van der Waals surface area contributed by atoms with E-state index in [2.05, 4.69) is 9.88 Å². The molecule has 0 N–H and O–H groups in total. The third kappa shape index (κ3) is 6.33. The van der Waals surface area contributed by atoms with Gasteiger partial charge in [-0.15, -0.1) is 0 Å². The molecule has 2 aromatic carbocycles. The first kappa shape index (κ1) is 23.3. The van der Waals surface area contributed by atoms with E-state index in [0.29, 0.717) is 18.7 Å². The van der Waals surface area contributed by atoms with E-state index in [4.69, 9.17) is 9.72 Å². The third-order valence-corrected chi connectivity index (χ3v) is 6.56. The molecule has 1 amide bonds. The minimum Gasteiger partial charge on any atom is -0.378 e. The molecule has 0 atom stereocenters. The van der Waals surface area contributed by atoms with Crippen LogP contribution in [0.3, 0.4) is 0 Å². The smallest absolute Gasteiger partial charge is 0.253 e. The first-order valence-corrected chi connectivity index (χ1v) is 12.2. The molecule has 0 spiro atoms. The molecule has 1 saturated heterocycles. The van der Waals surface area contributed by atoms with Crippen molar-refractivity contribution >= 4 is 23.5 Å². The highest BCUT2D eigenvalue weighted by molar-refractivity contribution is 7.98. The molecule has 2 heterocycles. The number of benzene rings is 2. The van der Waals surface area contributed by atoms with E-state index in [0.717, 1.165) is 46.6 Å². The average molecular weight is 463 g/mol. The van der Waals surface area contributed by atoms with Gasteiger partial charge in [-0.2, -0.15) is 0 Å². The topological polar surface area (TPSA) is 58.6 Å². The highest BCUT2D eigenvalue weighted by atomic mass is 32.2. The Hall–Kier alpha value is -2.90. The molecular formula is C26H30N4O2S. The zero-order valence-electron chi connectivity index (χ0n) is 19.2. The summed E-state index contributed by atoms with van der Waals surface area (Å²) in [5.74, 6) is 1.74. The van der Waals surface area contributed by atoms with Crippen LogP contribution in [0.2, 0.25) is 0 Å². The summed E-state index contributed by atoms with van der Waals surface area (Å²) in [5, 5.41) is 0.759. The Morgan fingerprint density at radius 3 is 2.45 bits per heavy atom. The second kappa shape index (κ2) is 11.3. The molecule has 4 rings (SSSR count). The minimum absolute atomic E-state index is 0.0175. The van der Waals surface area contributed by atoms with Crippen LogP contribution in [0, 0.1) is 0 Å². The molecule has 0 saturated carbocycles. The lowest BCUT2D eigenvalue weighted by Crippen LogP contribution is -2.26. The van der Waals surface area contributed by atoms with Crippen LogP contribution in [0.4, 0.5) is 5.82 Å². The second-order valence-electron chi connectivity index (χ2n) is 8.26. The number of carbonyl (C=O) groups excluding carboxylic acids is 1. The minimum atomic E-state index is 0.0175. The number of anilines is 1. The Bertz CT molecular complexity index is 1050. The van der Waals surface area contributed by atoms with Gasteiger partial charge in [0.05, 0.1) is 12.3 Å². The van der Waals surface area contributed by atoms with E-state index in [1.54, 1.807) is 23.8 Å². The van der Waals surface area contributed by atoms with Gasteiger partial charge in [0.15, 0.2) is 5.16 Å². The molecule has 0 bridgehead atoms. The molecular weight excluding hydrogens is 432 g/mol. The summed E-state index contributed by atoms with van der Waals surface area (Å²) < 4.78 is 5.30. The maximum absolute atomic E-state index is 12.8. The van der Waals surface area contributed by atoms with Gasteiger partial charge in [-0.3, -0.25) is 4.79 Å². The number of thioether (sulfide) groups is 1. The summed E-state index contributed by atoms with van der Waals surface area (Å²) in [5.41, 5.74) is 3.84. The largest absolute Gasteiger partial charge is 0.378 e. The summed E-state index contributed by atoms with van der Waals surface area (Å²) in [4.78, 5) is 26.3. The van der Waals surface area contributed by atoms with Gasteiger partial charge in [0, 0.05) is 51.2 Å². The maximum atomic E-state index is 12.8. The average Bonchev–Trinajstić information content (AvgIpc) is 3.39. The summed E-state index contributed by atoms with van der Waals surface area (Å²) in [6.45, 7) is 3.15. The number of hydrogen-bond donors (Lipinski definition) is 0. The summed E-state index contributed by atoms with van der Waals surface area (Å²) in [7, 11) is 3.52. The van der Waals surface area contributed by atoms with Gasteiger partial charge in [-0.05, 0) is 36.1 Å². The van der Waals surface area contributed by atoms with E-state index in [-0.39, 0.29) is 5.91 Å². The Morgan fingerprint density at radius 1 is 1.03 bits per heavy atom.